The molecule has 0 heterocycles. The van der Waals surface area contributed by atoms with E-state index in [1.54, 1.807) is 18.8 Å². The molecule has 0 saturated carbocycles. The molecule has 4 nitrogen and oxygen atoms in total. The largest absolute Gasteiger partial charge is 0.410 e. The number of unbranched alkanes of at least 4 members (excludes halogenated alkanes) is 10. The lowest BCUT2D eigenvalue weighted by Crippen LogP contribution is -2.44. The molecule has 0 rings (SSSR count). The van der Waals surface area contributed by atoms with Crippen LogP contribution >= 0.6 is 11.8 Å². The van der Waals surface area contributed by atoms with Crippen LogP contribution in [0.15, 0.2) is 5.16 Å². The normalized spacial score (nSPS) is 12.0. The molecule has 26 heavy (non-hydrogen) atoms. The number of hydrogen-bond donors (Lipinski definition) is 1. The van der Waals surface area contributed by atoms with Crippen molar-refractivity contribution in [2.75, 3.05) is 13.3 Å². The number of carbonyl (C=O) groups excluding carboxylic acids is 1. The zero-order valence-electron chi connectivity index (χ0n) is 17.6. The highest BCUT2D eigenvalue weighted by atomic mass is 32.2. The summed E-state index contributed by atoms with van der Waals surface area (Å²) in [5, 5.41) is 11.8. The molecule has 0 atom stereocenters. The Hall–Kier alpha value is -0.710. The Kier molecular flexibility index (Phi) is 16.0. The molecule has 5 heteroatoms. The van der Waals surface area contributed by atoms with Crippen molar-refractivity contribution in [1.29, 1.82) is 0 Å². The van der Waals surface area contributed by atoms with Crippen LogP contribution in [0.1, 0.15) is 104 Å². The summed E-state index contributed by atoms with van der Waals surface area (Å²) < 4.78 is -0.383. The van der Waals surface area contributed by atoms with E-state index in [1.807, 2.05) is 0 Å². The van der Waals surface area contributed by atoms with Crippen LogP contribution in [-0.2, 0) is 4.79 Å². The first-order valence-electron chi connectivity index (χ1n) is 10.6. The summed E-state index contributed by atoms with van der Waals surface area (Å²) in [5.74, 6) is 0.0740. The molecule has 0 aliphatic carbocycles. The summed E-state index contributed by atoms with van der Waals surface area (Å²) in [7, 11) is 1.69. The molecule has 0 unspecified atom stereocenters. The predicted octanol–water partition coefficient (Wildman–Crippen LogP) is 6.47. The Morgan fingerprint density at radius 2 is 1.35 bits per heavy atom. The van der Waals surface area contributed by atoms with Gasteiger partial charge in [-0.25, -0.2) is 0 Å². The number of hydrogen-bond acceptors (Lipinski definition) is 4. The van der Waals surface area contributed by atoms with Gasteiger partial charge in [-0.1, -0.05) is 96.1 Å². The average molecular weight is 387 g/mol. The zero-order chi connectivity index (χ0) is 19.7. The minimum atomic E-state index is -0.383. The van der Waals surface area contributed by atoms with Crippen LogP contribution in [0.25, 0.3) is 0 Å². The number of oxime groups is 1. The minimum Gasteiger partial charge on any atom is -0.410 e. The van der Waals surface area contributed by atoms with Crippen LogP contribution in [0.5, 0.6) is 0 Å². The van der Waals surface area contributed by atoms with E-state index in [1.165, 1.54) is 75.4 Å². The first kappa shape index (κ1) is 25.3. The van der Waals surface area contributed by atoms with Crippen molar-refractivity contribution in [2.24, 2.45) is 5.16 Å². The van der Waals surface area contributed by atoms with Gasteiger partial charge in [0.25, 0.3) is 0 Å². The van der Waals surface area contributed by atoms with E-state index in [2.05, 4.69) is 25.3 Å². The topological polar surface area (TPSA) is 52.9 Å². The average Bonchev–Trinajstić information content (AvgIpc) is 2.65. The fourth-order valence-corrected chi connectivity index (χ4v) is 4.48. The van der Waals surface area contributed by atoms with E-state index in [0.717, 1.165) is 25.7 Å². The molecule has 1 amide bonds. The van der Waals surface area contributed by atoms with Gasteiger partial charge >= 0.3 is 0 Å². The van der Waals surface area contributed by atoms with Gasteiger partial charge in [-0.15, -0.1) is 11.8 Å². The van der Waals surface area contributed by atoms with E-state index in [9.17, 15) is 4.79 Å². The second-order valence-corrected chi connectivity index (χ2v) is 8.57. The van der Waals surface area contributed by atoms with Gasteiger partial charge in [-0.2, -0.15) is 0 Å². The van der Waals surface area contributed by atoms with Crippen LogP contribution < -0.4 is 0 Å². The summed E-state index contributed by atoms with van der Waals surface area (Å²) >= 11 is 1.68. The van der Waals surface area contributed by atoms with E-state index in [0.29, 0.717) is 0 Å². The lowest BCUT2D eigenvalue weighted by atomic mass is 9.91. The fraction of sp³-hybridized carbons (Fsp3) is 0.905. The molecule has 154 valence electrons. The van der Waals surface area contributed by atoms with Crippen molar-refractivity contribution in [1.82, 2.24) is 4.90 Å². The molecule has 0 aromatic heterocycles. The smallest absolute Gasteiger partial charge is 0.243 e. The van der Waals surface area contributed by atoms with Crippen LogP contribution in [0, 0.1) is 0 Å². The third-order valence-corrected chi connectivity index (χ3v) is 6.56. The predicted molar refractivity (Wildman–Crippen MR) is 115 cm³/mol. The third kappa shape index (κ3) is 10.4. The highest BCUT2D eigenvalue weighted by Crippen LogP contribution is 2.36. The molecule has 0 fully saturated rings. The molecular weight excluding hydrogens is 344 g/mol. The van der Waals surface area contributed by atoms with Gasteiger partial charge in [-0.05, 0) is 19.1 Å². The van der Waals surface area contributed by atoms with Gasteiger partial charge in [0.15, 0.2) is 0 Å². The van der Waals surface area contributed by atoms with Crippen molar-refractivity contribution in [3.8, 4) is 0 Å². The van der Waals surface area contributed by atoms with Crippen molar-refractivity contribution < 1.29 is 10.0 Å². The van der Waals surface area contributed by atoms with Gasteiger partial charge < -0.3 is 10.1 Å². The molecule has 0 radical (unpaired) electrons. The summed E-state index contributed by atoms with van der Waals surface area (Å²) in [5.41, 5.74) is 0. The van der Waals surface area contributed by atoms with Gasteiger partial charge in [0.05, 0.1) is 4.75 Å². The Morgan fingerprint density at radius 3 is 1.73 bits per heavy atom. The Morgan fingerprint density at radius 1 is 0.923 bits per heavy atom. The Labute approximate surface area is 166 Å². The molecule has 0 aliphatic rings. The van der Waals surface area contributed by atoms with Crippen molar-refractivity contribution in [3.63, 3.8) is 0 Å². The van der Waals surface area contributed by atoms with E-state index in [-0.39, 0.29) is 10.7 Å². The number of rotatable bonds is 17. The third-order valence-electron chi connectivity index (χ3n) is 5.19. The Bertz CT molecular complexity index is 359. The van der Waals surface area contributed by atoms with Crippen molar-refractivity contribution in [3.05, 3.63) is 0 Å². The maximum atomic E-state index is 13.0. The maximum absolute atomic E-state index is 13.0. The molecule has 0 spiro atoms. The number of carbonyl (C=O) groups is 1. The summed E-state index contributed by atoms with van der Waals surface area (Å²) in [6, 6.07) is 0. The number of nitrogens with zero attached hydrogens (tertiary/aromatic N) is 2. The van der Waals surface area contributed by atoms with Crippen molar-refractivity contribution >= 4 is 24.0 Å². The summed E-state index contributed by atoms with van der Waals surface area (Å²) in [6.07, 6.45) is 19.9. The van der Waals surface area contributed by atoms with Gasteiger partial charge in [-0.3, -0.25) is 4.79 Å². The number of thioether (sulfide) groups is 1. The SMILES string of the molecule is CCCCCCCCC(CCCCCCCC)(SC)C(=O)N(C)C=NO. The standard InChI is InChI=1S/C21H42N2O2S/c1-5-7-9-11-13-15-17-21(26-4,20(24)23(3)19-22-25)18-16-14-12-10-8-6-2/h19,25H,5-18H2,1-4H3. The first-order valence-corrected chi connectivity index (χ1v) is 11.8. The molecule has 1 N–H and O–H groups in total. The monoisotopic (exact) mass is 386 g/mol. The van der Waals surface area contributed by atoms with Crippen LogP contribution in [0.4, 0.5) is 0 Å². The second kappa shape index (κ2) is 16.5. The van der Waals surface area contributed by atoms with E-state index >= 15 is 0 Å². The van der Waals surface area contributed by atoms with Crippen LogP contribution in [0.2, 0.25) is 0 Å². The molecule has 0 saturated heterocycles. The molecule has 0 aromatic rings. The zero-order valence-corrected chi connectivity index (χ0v) is 18.5. The van der Waals surface area contributed by atoms with E-state index in [4.69, 9.17) is 5.21 Å². The molecule has 0 bridgehead atoms. The van der Waals surface area contributed by atoms with Gasteiger partial charge in [0, 0.05) is 7.05 Å². The quantitative estimate of drug-likeness (QED) is 0.102. The van der Waals surface area contributed by atoms with Crippen LogP contribution in [-0.4, -0.2) is 40.4 Å². The number of amides is 1. The maximum Gasteiger partial charge on any atom is 0.243 e. The minimum absolute atomic E-state index is 0.0740. The van der Waals surface area contributed by atoms with Crippen molar-refractivity contribution in [2.45, 2.75) is 108 Å². The van der Waals surface area contributed by atoms with Crippen LogP contribution in [0.3, 0.4) is 0 Å². The summed E-state index contributed by atoms with van der Waals surface area (Å²) in [6.45, 7) is 4.47. The highest BCUT2D eigenvalue weighted by Gasteiger charge is 2.38. The highest BCUT2D eigenvalue weighted by molar-refractivity contribution is 8.00. The first-order chi connectivity index (χ1) is 12.6. The second-order valence-electron chi connectivity index (χ2n) is 7.38. The lowest BCUT2D eigenvalue weighted by Gasteiger charge is -2.33. The van der Waals surface area contributed by atoms with E-state index < -0.39 is 0 Å². The summed E-state index contributed by atoms with van der Waals surface area (Å²) in [4.78, 5) is 14.5. The van der Waals surface area contributed by atoms with Gasteiger partial charge in [0.1, 0.15) is 6.34 Å². The molecular formula is C21H42N2O2S. The molecule has 0 aliphatic heterocycles. The lowest BCUT2D eigenvalue weighted by molar-refractivity contribution is -0.129. The molecule has 0 aromatic carbocycles. The van der Waals surface area contributed by atoms with Gasteiger partial charge in [0.2, 0.25) is 5.91 Å². The Balaban J connectivity index is 4.68. The fourth-order valence-electron chi connectivity index (χ4n) is 3.46.